The Kier molecular flexibility index (Phi) is 4.05. The molecule has 0 aliphatic heterocycles. The van der Waals surface area contributed by atoms with E-state index in [1.165, 1.54) is 12.1 Å². The molecule has 1 aromatic heterocycles. The average molecular weight is 310 g/mol. The second kappa shape index (κ2) is 6.31. The van der Waals surface area contributed by atoms with Gasteiger partial charge in [-0.1, -0.05) is 36.9 Å². The largest absolute Gasteiger partial charge is 0.506 e. The lowest BCUT2D eigenvalue weighted by Gasteiger charge is -2.04. The highest BCUT2D eigenvalue weighted by Gasteiger charge is 2.13. The van der Waals surface area contributed by atoms with Crippen molar-refractivity contribution >= 4 is 16.7 Å². The van der Waals surface area contributed by atoms with Crippen molar-refractivity contribution in [3.05, 3.63) is 78.1 Å². The van der Waals surface area contributed by atoms with Crippen LogP contribution >= 0.6 is 0 Å². The standard InChI is InChI=1S/C17H15FN4O/c1-11(23)16(22-19-10-12-5-3-2-4-6-12)17-20-14-8-7-13(18)9-15(14)21-17/h2-9,19,23H,1,10H2,(H,20,21)/b22-16+. The summed E-state index contributed by atoms with van der Waals surface area (Å²) in [5.41, 5.74) is 5.20. The summed E-state index contributed by atoms with van der Waals surface area (Å²) in [5.74, 6) is -0.278. The maximum atomic E-state index is 13.2. The van der Waals surface area contributed by atoms with E-state index < -0.39 is 0 Å². The molecule has 23 heavy (non-hydrogen) atoms. The predicted octanol–water partition coefficient (Wildman–Crippen LogP) is 3.27. The first-order valence-electron chi connectivity index (χ1n) is 7.02. The smallest absolute Gasteiger partial charge is 0.166 e. The number of benzene rings is 2. The van der Waals surface area contributed by atoms with Gasteiger partial charge in [0.15, 0.2) is 11.5 Å². The molecular formula is C17H15FN4O. The fourth-order valence-electron chi connectivity index (χ4n) is 2.15. The quantitative estimate of drug-likeness (QED) is 0.385. The van der Waals surface area contributed by atoms with Crippen LogP contribution in [0.15, 0.2) is 66.0 Å². The lowest BCUT2D eigenvalue weighted by Crippen LogP contribution is -2.14. The Hall–Kier alpha value is -3.15. The lowest BCUT2D eigenvalue weighted by atomic mass is 10.2. The highest BCUT2D eigenvalue weighted by molar-refractivity contribution is 6.09. The van der Waals surface area contributed by atoms with E-state index >= 15 is 0 Å². The maximum Gasteiger partial charge on any atom is 0.166 e. The van der Waals surface area contributed by atoms with Gasteiger partial charge in [-0.25, -0.2) is 9.37 Å². The molecule has 3 N–H and O–H groups in total. The van der Waals surface area contributed by atoms with E-state index in [-0.39, 0.29) is 17.3 Å². The van der Waals surface area contributed by atoms with Crippen LogP contribution in [0.25, 0.3) is 11.0 Å². The number of fused-ring (bicyclic) bond motifs is 1. The Morgan fingerprint density at radius 3 is 2.78 bits per heavy atom. The number of nitrogens with one attached hydrogen (secondary N) is 2. The minimum Gasteiger partial charge on any atom is -0.506 e. The molecule has 0 amide bonds. The van der Waals surface area contributed by atoms with Crippen LogP contribution in [0.1, 0.15) is 11.4 Å². The Labute approximate surface area is 132 Å². The summed E-state index contributed by atoms with van der Waals surface area (Å²) in [7, 11) is 0. The number of aromatic nitrogens is 2. The molecule has 0 bridgehead atoms. The zero-order valence-electron chi connectivity index (χ0n) is 12.3. The third kappa shape index (κ3) is 3.37. The summed E-state index contributed by atoms with van der Waals surface area (Å²) in [6, 6.07) is 13.9. The summed E-state index contributed by atoms with van der Waals surface area (Å²) in [5, 5.41) is 13.9. The predicted molar refractivity (Wildman–Crippen MR) is 87.6 cm³/mol. The van der Waals surface area contributed by atoms with Crippen LogP contribution in [0.2, 0.25) is 0 Å². The van der Waals surface area contributed by atoms with Gasteiger partial charge in [0, 0.05) is 0 Å². The van der Waals surface area contributed by atoms with Gasteiger partial charge in [-0.05, 0) is 23.8 Å². The van der Waals surface area contributed by atoms with Crippen molar-refractivity contribution in [2.24, 2.45) is 5.10 Å². The average Bonchev–Trinajstić information content (AvgIpc) is 2.94. The summed E-state index contributed by atoms with van der Waals surface area (Å²) in [6.07, 6.45) is 0. The molecule has 0 saturated carbocycles. The fraction of sp³-hybridized carbons (Fsp3) is 0.0588. The van der Waals surface area contributed by atoms with Gasteiger partial charge in [-0.2, -0.15) is 5.10 Å². The molecule has 5 nitrogen and oxygen atoms in total. The van der Waals surface area contributed by atoms with Gasteiger partial charge >= 0.3 is 0 Å². The number of aromatic amines is 1. The molecule has 0 spiro atoms. The number of aliphatic hydroxyl groups excluding tert-OH is 1. The maximum absolute atomic E-state index is 13.2. The second-order valence-electron chi connectivity index (χ2n) is 4.97. The molecule has 0 atom stereocenters. The van der Waals surface area contributed by atoms with Crippen molar-refractivity contribution in [2.45, 2.75) is 6.54 Å². The first kappa shape index (κ1) is 14.8. The number of nitrogens with zero attached hydrogens (tertiary/aromatic N) is 2. The van der Waals surface area contributed by atoms with Crippen molar-refractivity contribution in [2.75, 3.05) is 0 Å². The highest BCUT2D eigenvalue weighted by atomic mass is 19.1. The van der Waals surface area contributed by atoms with Gasteiger partial charge in [0.25, 0.3) is 0 Å². The van der Waals surface area contributed by atoms with E-state index in [1.807, 2.05) is 30.3 Å². The molecular weight excluding hydrogens is 295 g/mol. The van der Waals surface area contributed by atoms with Crippen molar-refractivity contribution in [1.29, 1.82) is 0 Å². The van der Waals surface area contributed by atoms with E-state index in [0.29, 0.717) is 23.4 Å². The van der Waals surface area contributed by atoms with Gasteiger partial charge in [0.1, 0.15) is 11.6 Å². The van der Waals surface area contributed by atoms with Crippen molar-refractivity contribution in [3.63, 3.8) is 0 Å². The Balaban J connectivity index is 1.85. The van der Waals surface area contributed by atoms with E-state index in [0.717, 1.165) is 5.56 Å². The second-order valence-corrected chi connectivity index (χ2v) is 4.97. The van der Waals surface area contributed by atoms with Gasteiger partial charge in [0.05, 0.1) is 17.6 Å². The van der Waals surface area contributed by atoms with E-state index in [9.17, 15) is 9.50 Å². The van der Waals surface area contributed by atoms with Crippen molar-refractivity contribution in [1.82, 2.24) is 15.4 Å². The molecule has 0 unspecified atom stereocenters. The Morgan fingerprint density at radius 1 is 1.26 bits per heavy atom. The van der Waals surface area contributed by atoms with E-state index in [1.54, 1.807) is 6.07 Å². The van der Waals surface area contributed by atoms with Gasteiger partial charge in [-0.15, -0.1) is 0 Å². The van der Waals surface area contributed by atoms with Crippen LogP contribution in [0.5, 0.6) is 0 Å². The molecule has 2 aromatic carbocycles. The number of H-pyrrole nitrogens is 1. The van der Waals surface area contributed by atoms with Crippen LogP contribution < -0.4 is 5.43 Å². The molecule has 0 radical (unpaired) electrons. The number of allylic oxidation sites excluding steroid dienone is 1. The molecule has 0 aliphatic rings. The van der Waals surface area contributed by atoms with Crippen LogP contribution in [0.3, 0.4) is 0 Å². The third-order valence-electron chi connectivity index (χ3n) is 3.26. The highest BCUT2D eigenvalue weighted by Crippen LogP contribution is 2.14. The number of hydrazone groups is 1. The molecule has 3 aromatic rings. The summed E-state index contributed by atoms with van der Waals surface area (Å²) in [4.78, 5) is 7.21. The topological polar surface area (TPSA) is 73.3 Å². The molecule has 6 heteroatoms. The summed E-state index contributed by atoms with van der Waals surface area (Å²) >= 11 is 0. The number of rotatable bonds is 5. The molecule has 0 fully saturated rings. The van der Waals surface area contributed by atoms with Crippen LogP contribution in [-0.2, 0) is 6.54 Å². The third-order valence-corrected chi connectivity index (χ3v) is 3.26. The number of aliphatic hydroxyl groups is 1. The molecule has 0 aliphatic carbocycles. The Morgan fingerprint density at radius 2 is 2.04 bits per heavy atom. The number of hydrogen-bond donors (Lipinski definition) is 3. The minimum absolute atomic E-state index is 0.178. The van der Waals surface area contributed by atoms with Crippen molar-refractivity contribution in [3.8, 4) is 0 Å². The molecule has 3 rings (SSSR count). The Bertz CT molecular complexity index is 871. The number of halogens is 1. The fourth-order valence-corrected chi connectivity index (χ4v) is 2.15. The normalized spacial score (nSPS) is 11.6. The number of imidazole rings is 1. The first-order chi connectivity index (χ1) is 11.1. The number of hydrogen-bond acceptors (Lipinski definition) is 4. The van der Waals surface area contributed by atoms with E-state index in [2.05, 4.69) is 27.1 Å². The molecule has 1 heterocycles. The lowest BCUT2D eigenvalue weighted by molar-refractivity contribution is 0.444. The van der Waals surface area contributed by atoms with E-state index in [4.69, 9.17) is 0 Å². The van der Waals surface area contributed by atoms with Crippen LogP contribution in [-0.4, -0.2) is 20.8 Å². The van der Waals surface area contributed by atoms with Gasteiger partial charge in [0.2, 0.25) is 0 Å². The minimum atomic E-state index is -0.365. The molecule has 0 saturated heterocycles. The van der Waals surface area contributed by atoms with Gasteiger partial charge in [-0.3, -0.25) is 0 Å². The van der Waals surface area contributed by atoms with Crippen LogP contribution in [0.4, 0.5) is 4.39 Å². The van der Waals surface area contributed by atoms with Crippen molar-refractivity contribution < 1.29 is 9.50 Å². The van der Waals surface area contributed by atoms with Gasteiger partial charge < -0.3 is 15.5 Å². The monoisotopic (exact) mass is 310 g/mol. The first-order valence-corrected chi connectivity index (χ1v) is 7.02. The summed E-state index contributed by atoms with van der Waals surface area (Å²) < 4.78 is 13.2. The SMILES string of the molecule is C=C(O)/C(=N\NCc1ccccc1)c1nc2ccc(F)cc2[nH]1. The zero-order chi connectivity index (χ0) is 16.2. The zero-order valence-corrected chi connectivity index (χ0v) is 12.3. The summed E-state index contributed by atoms with van der Waals surface area (Å²) in [6.45, 7) is 3.99. The molecule has 116 valence electrons. The van der Waals surface area contributed by atoms with Crippen LogP contribution in [0, 0.1) is 5.82 Å².